The molecule has 1 atom stereocenters. The van der Waals surface area contributed by atoms with E-state index in [2.05, 4.69) is 112 Å². The monoisotopic (exact) mass is 416 g/mol. The maximum absolute atomic E-state index is 2.60. The van der Waals surface area contributed by atoms with Gasteiger partial charge in [0.05, 0.1) is 8.07 Å². The molecule has 0 heterocycles. The molecule has 0 saturated heterocycles. The van der Waals surface area contributed by atoms with Gasteiger partial charge in [0, 0.05) is 11.5 Å². The minimum atomic E-state index is -1.90. The first-order valence-electron chi connectivity index (χ1n) is 11.4. The molecule has 0 bridgehead atoms. The summed E-state index contributed by atoms with van der Waals surface area (Å²) in [6, 6.07) is 27.1. The molecule has 0 fully saturated rings. The van der Waals surface area contributed by atoms with Crippen LogP contribution in [0.2, 0.25) is 13.1 Å². The van der Waals surface area contributed by atoms with E-state index in [0.717, 1.165) is 0 Å². The molecule has 0 aromatic heterocycles. The molecule has 0 nitrogen and oxygen atoms in total. The van der Waals surface area contributed by atoms with Crippen LogP contribution in [-0.2, 0) is 0 Å². The summed E-state index contributed by atoms with van der Waals surface area (Å²) in [6.07, 6.45) is 4.97. The van der Waals surface area contributed by atoms with Crippen LogP contribution in [-0.4, -0.2) is 8.07 Å². The van der Waals surface area contributed by atoms with Crippen molar-refractivity contribution in [3.05, 3.63) is 123 Å². The predicted molar refractivity (Wildman–Crippen MR) is 135 cm³/mol. The van der Waals surface area contributed by atoms with Crippen LogP contribution in [0, 0.1) is 0 Å². The second kappa shape index (κ2) is 6.55. The lowest BCUT2D eigenvalue weighted by molar-refractivity contribution is 0.900. The van der Waals surface area contributed by atoms with E-state index in [4.69, 9.17) is 0 Å². The maximum Gasteiger partial charge on any atom is 0.0939 e. The molecule has 0 spiro atoms. The van der Waals surface area contributed by atoms with Gasteiger partial charge in [0.25, 0.3) is 0 Å². The molecule has 3 aliphatic carbocycles. The fourth-order valence-electron chi connectivity index (χ4n) is 6.55. The highest BCUT2D eigenvalue weighted by molar-refractivity contribution is 6.87. The fraction of sp³-hybridized carbons (Fsp3) is 0.200. The minimum Gasteiger partial charge on any atom is -0.0647 e. The first-order chi connectivity index (χ1) is 15.0. The van der Waals surface area contributed by atoms with Crippen LogP contribution in [0.4, 0.5) is 0 Å². The quantitative estimate of drug-likeness (QED) is 0.371. The Morgan fingerprint density at radius 1 is 0.677 bits per heavy atom. The second-order valence-corrected chi connectivity index (χ2v) is 14.4. The van der Waals surface area contributed by atoms with Crippen LogP contribution in [0.25, 0.3) is 17.2 Å². The van der Waals surface area contributed by atoms with E-state index in [1.54, 1.807) is 5.20 Å². The molecule has 3 aromatic carbocycles. The fourth-order valence-corrected chi connectivity index (χ4v) is 10.9. The maximum atomic E-state index is 2.60. The molecule has 3 aromatic rings. The van der Waals surface area contributed by atoms with Gasteiger partial charge in [-0.05, 0) is 62.7 Å². The van der Waals surface area contributed by atoms with Crippen LogP contribution in [0.3, 0.4) is 0 Å². The highest BCUT2D eigenvalue weighted by Gasteiger charge is 2.46. The van der Waals surface area contributed by atoms with Crippen molar-refractivity contribution in [2.24, 2.45) is 0 Å². The van der Waals surface area contributed by atoms with E-state index in [1.165, 1.54) is 50.1 Å². The van der Waals surface area contributed by atoms with Crippen molar-refractivity contribution in [1.29, 1.82) is 0 Å². The molecular formula is C30H28Si. The van der Waals surface area contributed by atoms with Gasteiger partial charge in [-0.2, -0.15) is 0 Å². The number of rotatable bonds is 2. The Balaban J connectivity index is 1.54. The van der Waals surface area contributed by atoms with E-state index >= 15 is 0 Å². The van der Waals surface area contributed by atoms with Crippen molar-refractivity contribution in [2.75, 3.05) is 0 Å². The van der Waals surface area contributed by atoms with E-state index in [-0.39, 0.29) is 0 Å². The summed E-state index contributed by atoms with van der Waals surface area (Å²) in [7, 11) is -1.90. The standard InChI is InChI=1S/C30H28Si/c1-19-17-27-20(2)22-12-6-5-11-21(22)18-28(27)29(19)31(3,4)30-25-15-9-7-13-23(25)24-14-8-10-16-26(24)30/h5-18,20,30H,1-4H3. The lowest BCUT2D eigenvalue weighted by Crippen LogP contribution is -2.39. The van der Waals surface area contributed by atoms with Crippen LogP contribution < -0.4 is 0 Å². The third-order valence-corrected chi connectivity index (χ3v) is 11.8. The number of hydrogen-bond donors (Lipinski definition) is 0. The zero-order valence-electron chi connectivity index (χ0n) is 18.7. The van der Waals surface area contributed by atoms with Gasteiger partial charge in [-0.15, -0.1) is 0 Å². The Bertz CT molecular complexity index is 1290. The van der Waals surface area contributed by atoms with E-state index in [1.807, 2.05) is 0 Å². The van der Waals surface area contributed by atoms with Crippen molar-refractivity contribution < 1.29 is 0 Å². The first kappa shape index (κ1) is 18.8. The first-order valence-corrected chi connectivity index (χ1v) is 14.5. The molecule has 0 aliphatic heterocycles. The molecule has 1 heteroatoms. The largest absolute Gasteiger partial charge is 0.0939 e. The third kappa shape index (κ3) is 2.53. The summed E-state index contributed by atoms with van der Waals surface area (Å²) in [4.78, 5) is 0. The van der Waals surface area contributed by atoms with Crippen LogP contribution in [0.5, 0.6) is 0 Å². The molecule has 6 rings (SSSR count). The number of benzene rings is 3. The summed E-state index contributed by atoms with van der Waals surface area (Å²) in [6.45, 7) is 9.92. The topological polar surface area (TPSA) is 0 Å². The Morgan fingerprint density at radius 2 is 1.23 bits per heavy atom. The Labute approximate surface area is 186 Å². The van der Waals surface area contributed by atoms with Crippen molar-refractivity contribution in [1.82, 2.24) is 0 Å². The average molecular weight is 417 g/mol. The molecule has 152 valence electrons. The van der Waals surface area contributed by atoms with Crippen LogP contribution in [0.1, 0.15) is 47.6 Å². The number of allylic oxidation sites excluding steroid dienone is 5. The molecule has 31 heavy (non-hydrogen) atoms. The molecule has 3 aliphatic rings. The summed E-state index contributed by atoms with van der Waals surface area (Å²) >= 11 is 0. The molecular weight excluding hydrogens is 388 g/mol. The summed E-state index contributed by atoms with van der Waals surface area (Å²) < 4.78 is 0. The summed E-state index contributed by atoms with van der Waals surface area (Å²) in [5, 5.41) is 1.65. The predicted octanol–water partition coefficient (Wildman–Crippen LogP) is 8.04. The van der Waals surface area contributed by atoms with E-state index < -0.39 is 8.07 Å². The Hall–Kier alpha value is -2.90. The SMILES string of the molecule is CC1=C([Si](C)(C)C2c3ccccc3-c3ccccc32)C2=Cc3ccccc3C(C)C2=C1. The zero-order valence-corrected chi connectivity index (χ0v) is 19.7. The lowest BCUT2D eigenvalue weighted by atomic mass is 9.81. The van der Waals surface area contributed by atoms with Gasteiger partial charge in [-0.3, -0.25) is 0 Å². The van der Waals surface area contributed by atoms with Gasteiger partial charge in [-0.25, -0.2) is 0 Å². The highest BCUT2D eigenvalue weighted by atomic mass is 28.3. The molecule has 1 unspecified atom stereocenters. The number of hydrogen-bond acceptors (Lipinski definition) is 0. The minimum absolute atomic E-state index is 0.455. The molecule has 0 N–H and O–H groups in total. The van der Waals surface area contributed by atoms with Crippen molar-refractivity contribution >= 4 is 14.1 Å². The van der Waals surface area contributed by atoms with Gasteiger partial charge in [0.1, 0.15) is 0 Å². The molecule has 0 saturated carbocycles. The lowest BCUT2D eigenvalue weighted by Gasteiger charge is -2.36. The van der Waals surface area contributed by atoms with Gasteiger partial charge < -0.3 is 0 Å². The van der Waals surface area contributed by atoms with Crippen LogP contribution in [0.15, 0.2) is 101 Å². The highest BCUT2D eigenvalue weighted by Crippen LogP contribution is 2.55. The Kier molecular flexibility index (Phi) is 3.98. The smallest absolute Gasteiger partial charge is 0.0647 e. The van der Waals surface area contributed by atoms with Gasteiger partial charge >= 0.3 is 0 Å². The third-order valence-electron chi connectivity index (χ3n) is 7.78. The van der Waals surface area contributed by atoms with Crippen molar-refractivity contribution in [3.8, 4) is 11.1 Å². The van der Waals surface area contributed by atoms with Crippen LogP contribution >= 0.6 is 0 Å². The molecule has 0 amide bonds. The van der Waals surface area contributed by atoms with Gasteiger partial charge in [0.2, 0.25) is 0 Å². The zero-order chi connectivity index (χ0) is 21.3. The summed E-state index contributed by atoms with van der Waals surface area (Å²) in [5.41, 5.74) is 13.8. The second-order valence-electron chi connectivity index (χ2n) is 9.90. The molecule has 0 radical (unpaired) electrons. The van der Waals surface area contributed by atoms with Gasteiger partial charge in [-0.1, -0.05) is 104 Å². The van der Waals surface area contributed by atoms with E-state index in [9.17, 15) is 0 Å². The van der Waals surface area contributed by atoms with Crippen molar-refractivity contribution in [2.45, 2.75) is 38.4 Å². The Morgan fingerprint density at radius 3 is 1.87 bits per heavy atom. The summed E-state index contributed by atoms with van der Waals surface area (Å²) in [5.74, 6) is 0.455. The van der Waals surface area contributed by atoms with Crippen molar-refractivity contribution in [3.63, 3.8) is 0 Å². The normalized spacial score (nSPS) is 19.4. The van der Waals surface area contributed by atoms with Gasteiger partial charge in [0.15, 0.2) is 0 Å². The number of fused-ring (bicyclic) bond motifs is 5. The van der Waals surface area contributed by atoms with E-state index in [0.29, 0.717) is 11.5 Å². The average Bonchev–Trinajstić information content (AvgIpc) is 3.29.